The van der Waals surface area contributed by atoms with E-state index in [1.807, 2.05) is 0 Å². The Labute approximate surface area is 83.8 Å². The largest absolute Gasteiger partial charge is 0.396 e. The van der Waals surface area contributed by atoms with E-state index >= 15 is 0 Å². The first-order valence-electron chi connectivity index (χ1n) is 5.23. The molecule has 1 aliphatic heterocycles. The Morgan fingerprint density at radius 3 is 3.21 bits per heavy atom. The van der Waals surface area contributed by atoms with Gasteiger partial charge in [0.05, 0.1) is 11.7 Å². The van der Waals surface area contributed by atoms with Crippen molar-refractivity contribution in [2.75, 3.05) is 6.61 Å². The lowest BCUT2D eigenvalue weighted by molar-refractivity contribution is 0.288. The number of nitrogens with two attached hydrogens (primary N) is 1. The van der Waals surface area contributed by atoms with Crippen LogP contribution in [0, 0.1) is 0 Å². The molecule has 1 atom stereocenters. The summed E-state index contributed by atoms with van der Waals surface area (Å²) in [4.78, 5) is 4.50. The summed E-state index contributed by atoms with van der Waals surface area (Å²) in [6.07, 6.45) is 5.89. The van der Waals surface area contributed by atoms with Crippen LogP contribution in [0.25, 0.3) is 0 Å². The van der Waals surface area contributed by atoms with Crippen LogP contribution in [0.2, 0.25) is 0 Å². The molecule has 4 nitrogen and oxygen atoms in total. The van der Waals surface area contributed by atoms with Crippen molar-refractivity contribution < 1.29 is 5.11 Å². The number of aromatic nitrogens is 2. The molecule has 0 radical (unpaired) electrons. The zero-order valence-corrected chi connectivity index (χ0v) is 8.32. The topological polar surface area (TPSA) is 64.1 Å². The molecule has 0 fully saturated rings. The molecule has 4 heteroatoms. The van der Waals surface area contributed by atoms with Crippen LogP contribution in [0.5, 0.6) is 0 Å². The van der Waals surface area contributed by atoms with Crippen molar-refractivity contribution >= 4 is 0 Å². The van der Waals surface area contributed by atoms with Crippen LogP contribution in [0.1, 0.15) is 36.8 Å². The number of fused-ring (bicyclic) bond motifs is 1. The zero-order valence-electron chi connectivity index (χ0n) is 8.32. The van der Waals surface area contributed by atoms with Crippen molar-refractivity contribution in [1.29, 1.82) is 0 Å². The molecular formula is C10H17N3O. The smallest absolute Gasteiger partial charge is 0.125 e. The predicted molar refractivity (Wildman–Crippen MR) is 53.8 cm³/mol. The Bertz CT molecular complexity index is 308. The van der Waals surface area contributed by atoms with Crippen LogP contribution in [0.15, 0.2) is 6.20 Å². The fourth-order valence-corrected chi connectivity index (χ4v) is 1.95. The first kappa shape index (κ1) is 9.68. The second-order valence-corrected chi connectivity index (χ2v) is 3.86. The first-order valence-corrected chi connectivity index (χ1v) is 5.23. The maximum atomic E-state index is 8.72. The van der Waals surface area contributed by atoms with E-state index in [0.29, 0.717) is 0 Å². The average Bonchev–Trinajstić information content (AvgIpc) is 2.59. The first-order chi connectivity index (χ1) is 6.81. The Morgan fingerprint density at radius 1 is 1.64 bits per heavy atom. The number of aryl methyl sites for hydroxylation is 2. The molecule has 1 unspecified atom stereocenters. The van der Waals surface area contributed by atoms with Crippen molar-refractivity contribution in [3.8, 4) is 0 Å². The molecule has 1 aliphatic rings. The molecule has 0 aromatic carbocycles. The molecule has 0 bridgehead atoms. The van der Waals surface area contributed by atoms with E-state index < -0.39 is 0 Å². The van der Waals surface area contributed by atoms with Gasteiger partial charge in [0.2, 0.25) is 0 Å². The molecule has 1 aromatic rings. The molecule has 1 aromatic heterocycles. The van der Waals surface area contributed by atoms with E-state index in [9.17, 15) is 0 Å². The van der Waals surface area contributed by atoms with Gasteiger partial charge in [0.25, 0.3) is 0 Å². The number of hydrogen-bond acceptors (Lipinski definition) is 3. The quantitative estimate of drug-likeness (QED) is 0.742. The minimum Gasteiger partial charge on any atom is -0.396 e. The third-order valence-electron chi connectivity index (χ3n) is 2.69. The van der Waals surface area contributed by atoms with Gasteiger partial charge in [-0.1, -0.05) is 0 Å². The van der Waals surface area contributed by atoms with E-state index in [-0.39, 0.29) is 12.6 Å². The zero-order chi connectivity index (χ0) is 9.97. The number of hydrogen-bond donors (Lipinski definition) is 2. The van der Waals surface area contributed by atoms with Gasteiger partial charge in [0.15, 0.2) is 0 Å². The standard InChI is InChI=1S/C10H17N3O/c11-9-4-1-5-13-7-8(3-2-6-14)12-10(9)13/h7,9,14H,1-6,11H2. The maximum absolute atomic E-state index is 8.72. The van der Waals surface area contributed by atoms with Crippen LogP contribution in [0.4, 0.5) is 0 Å². The molecule has 14 heavy (non-hydrogen) atoms. The van der Waals surface area contributed by atoms with Gasteiger partial charge in [0.1, 0.15) is 5.82 Å². The molecule has 0 saturated carbocycles. The summed E-state index contributed by atoms with van der Waals surface area (Å²) in [6, 6.07) is 0.103. The minimum atomic E-state index is 0.103. The number of nitrogens with zero attached hydrogens (tertiary/aromatic N) is 2. The Balaban J connectivity index is 2.13. The van der Waals surface area contributed by atoms with Crippen LogP contribution >= 0.6 is 0 Å². The minimum absolute atomic E-state index is 0.103. The molecule has 0 aliphatic carbocycles. The summed E-state index contributed by atoms with van der Waals surface area (Å²) in [7, 11) is 0. The van der Waals surface area contributed by atoms with Gasteiger partial charge in [-0.3, -0.25) is 0 Å². The normalized spacial score (nSPS) is 20.9. The summed E-state index contributed by atoms with van der Waals surface area (Å²) < 4.78 is 2.15. The monoisotopic (exact) mass is 195 g/mol. The lowest BCUT2D eigenvalue weighted by atomic mass is 10.1. The van der Waals surface area contributed by atoms with E-state index in [0.717, 1.165) is 43.7 Å². The van der Waals surface area contributed by atoms with Crippen LogP contribution in [-0.4, -0.2) is 21.3 Å². The van der Waals surface area contributed by atoms with Crippen molar-refractivity contribution in [2.24, 2.45) is 5.73 Å². The van der Waals surface area contributed by atoms with E-state index in [1.54, 1.807) is 0 Å². The molecular weight excluding hydrogens is 178 g/mol. The van der Waals surface area contributed by atoms with Gasteiger partial charge >= 0.3 is 0 Å². The molecule has 0 spiro atoms. The molecule has 0 amide bonds. The van der Waals surface area contributed by atoms with Crippen LogP contribution in [0.3, 0.4) is 0 Å². The Kier molecular flexibility index (Phi) is 2.84. The molecule has 2 heterocycles. The van der Waals surface area contributed by atoms with Crippen LogP contribution in [-0.2, 0) is 13.0 Å². The molecule has 3 N–H and O–H groups in total. The second-order valence-electron chi connectivity index (χ2n) is 3.86. The van der Waals surface area contributed by atoms with E-state index in [4.69, 9.17) is 10.8 Å². The number of aliphatic hydroxyl groups excluding tert-OH is 1. The molecule has 78 valence electrons. The van der Waals surface area contributed by atoms with Crippen molar-refractivity contribution in [3.05, 3.63) is 17.7 Å². The Morgan fingerprint density at radius 2 is 2.50 bits per heavy atom. The maximum Gasteiger partial charge on any atom is 0.125 e. The highest BCUT2D eigenvalue weighted by Gasteiger charge is 2.18. The number of rotatable bonds is 3. The van der Waals surface area contributed by atoms with Crippen molar-refractivity contribution in [2.45, 2.75) is 38.3 Å². The van der Waals surface area contributed by atoms with E-state index in [1.165, 1.54) is 0 Å². The number of aliphatic hydroxyl groups is 1. The van der Waals surface area contributed by atoms with Gasteiger partial charge < -0.3 is 15.4 Å². The van der Waals surface area contributed by atoms with Gasteiger partial charge in [-0.05, 0) is 25.7 Å². The Hall–Kier alpha value is -0.870. The van der Waals surface area contributed by atoms with Crippen molar-refractivity contribution in [3.63, 3.8) is 0 Å². The average molecular weight is 195 g/mol. The van der Waals surface area contributed by atoms with Crippen molar-refractivity contribution in [1.82, 2.24) is 9.55 Å². The summed E-state index contributed by atoms with van der Waals surface area (Å²) in [5, 5.41) is 8.72. The SMILES string of the molecule is NC1CCCn2cc(CCCO)nc21. The lowest BCUT2D eigenvalue weighted by Gasteiger charge is -2.19. The third-order valence-corrected chi connectivity index (χ3v) is 2.69. The summed E-state index contributed by atoms with van der Waals surface area (Å²) >= 11 is 0. The summed E-state index contributed by atoms with van der Waals surface area (Å²) in [6.45, 7) is 1.27. The van der Waals surface area contributed by atoms with Gasteiger partial charge in [-0.2, -0.15) is 0 Å². The summed E-state index contributed by atoms with van der Waals surface area (Å²) in [5.41, 5.74) is 7.02. The second kappa shape index (κ2) is 4.11. The fraction of sp³-hybridized carbons (Fsp3) is 0.700. The highest BCUT2D eigenvalue weighted by molar-refractivity contribution is 5.09. The van der Waals surface area contributed by atoms with Gasteiger partial charge in [-0.25, -0.2) is 4.98 Å². The third kappa shape index (κ3) is 1.81. The highest BCUT2D eigenvalue weighted by atomic mass is 16.2. The highest BCUT2D eigenvalue weighted by Crippen LogP contribution is 2.22. The fourth-order valence-electron chi connectivity index (χ4n) is 1.95. The lowest BCUT2D eigenvalue weighted by Crippen LogP contribution is -2.21. The molecule has 2 rings (SSSR count). The van der Waals surface area contributed by atoms with E-state index in [2.05, 4.69) is 15.7 Å². The predicted octanol–water partition coefficient (Wildman–Crippen LogP) is 0.602. The van der Waals surface area contributed by atoms with Gasteiger partial charge in [0, 0.05) is 19.3 Å². The molecule has 0 saturated heterocycles. The van der Waals surface area contributed by atoms with Gasteiger partial charge in [-0.15, -0.1) is 0 Å². The van der Waals surface area contributed by atoms with Crippen LogP contribution < -0.4 is 5.73 Å². The summed E-state index contributed by atoms with van der Waals surface area (Å²) in [5.74, 6) is 1.02. The number of imidazole rings is 1.